The van der Waals surface area contributed by atoms with E-state index in [0.717, 1.165) is 0 Å². The summed E-state index contributed by atoms with van der Waals surface area (Å²) in [6.45, 7) is 1.59. The van der Waals surface area contributed by atoms with Crippen LogP contribution in [0.25, 0.3) is 0 Å². The average molecular weight is 668 g/mol. The Hall–Kier alpha value is -5.37. The lowest BCUT2D eigenvalue weighted by Gasteiger charge is -2.56. The minimum atomic E-state index is -3.12. The summed E-state index contributed by atoms with van der Waals surface area (Å²) in [6.07, 6.45) is -1.76. The van der Waals surface area contributed by atoms with Crippen LogP contribution in [-0.2, 0) is 19.2 Å². The van der Waals surface area contributed by atoms with Crippen LogP contribution in [0.5, 0.6) is 5.75 Å². The smallest absolute Gasteiger partial charge is 0.255 e. The van der Waals surface area contributed by atoms with E-state index in [2.05, 4.69) is 5.32 Å². The van der Waals surface area contributed by atoms with E-state index in [4.69, 9.17) is 5.73 Å². The van der Waals surface area contributed by atoms with Gasteiger partial charge >= 0.3 is 0 Å². The first-order chi connectivity index (χ1) is 23.1. The summed E-state index contributed by atoms with van der Waals surface area (Å²) in [6, 6.07) is 15.7. The predicted octanol–water partition coefficient (Wildman–Crippen LogP) is 0.882. The molecule has 3 aromatic rings. The molecule has 2 saturated carbocycles. The van der Waals surface area contributed by atoms with Crippen molar-refractivity contribution in [2.45, 2.75) is 30.6 Å². The van der Waals surface area contributed by atoms with Gasteiger partial charge < -0.3 is 26.4 Å². The monoisotopic (exact) mass is 667 g/mol. The zero-order chi connectivity index (χ0) is 35.7. The van der Waals surface area contributed by atoms with Crippen molar-refractivity contribution in [2.24, 2.45) is 29.4 Å². The van der Waals surface area contributed by atoms with Crippen LogP contribution in [0.1, 0.15) is 55.0 Å². The highest BCUT2D eigenvalue weighted by Crippen LogP contribution is 2.55. The Morgan fingerprint density at radius 2 is 1.45 bits per heavy atom. The number of phenols is 1. The summed E-state index contributed by atoms with van der Waals surface area (Å²) in [5.74, 6) is -15.6. The number of nitrogens with one attached hydrogen (secondary N) is 1. The number of ketones is 5. The lowest BCUT2D eigenvalue weighted by molar-refractivity contribution is -0.196. The molecule has 3 aromatic carbocycles. The zero-order valence-corrected chi connectivity index (χ0v) is 26.6. The summed E-state index contributed by atoms with van der Waals surface area (Å²) in [7, 11) is 2.83. The van der Waals surface area contributed by atoms with E-state index in [0.29, 0.717) is 11.1 Å². The number of primary amides is 1. The number of phenolic OH excluding ortho intramolecular Hbond substituents is 1. The number of rotatable bonds is 6. The number of fused-ring (bicyclic) bond motifs is 3. The Morgan fingerprint density at radius 3 is 2.04 bits per heavy atom. The van der Waals surface area contributed by atoms with E-state index in [-0.39, 0.29) is 28.2 Å². The fourth-order valence-corrected chi connectivity index (χ4v) is 7.81. The first kappa shape index (κ1) is 33.5. The molecule has 0 aromatic heterocycles. The SMILES string of the molecule is CC1c2ccc(NC(=O)c3ccc(C(=O)c4ccccc4)cc3)c(O)c2C(=O)C2C(=O)C3(O)C(=O)C(C(N)=O)C(=O)C(N(C)C)C3C(O)C21. The Morgan fingerprint density at radius 1 is 0.857 bits per heavy atom. The second-order valence-electron chi connectivity index (χ2n) is 13.0. The van der Waals surface area contributed by atoms with Crippen LogP contribution in [0.2, 0.25) is 0 Å². The molecule has 2 amide bonds. The number of nitrogens with zero attached hydrogens (tertiary/aromatic N) is 1. The molecule has 8 unspecified atom stereocenters. The molecule has 2 fully saturated rings. The van der Waals surface area contributed by atoms with Crippen LogP contribution in [0.3, 0.4) is 0 Å². The Labute approximate surface area is 279 Å². The molecule has 0 saturated heterocycles. The fraction of sp³-hybridized carbons (Fsp3) is 0.306. The van der Waals surface area contributed by atoms with E-state index in [1.54, 1.807) is 37.3 Å². The van der Waals surface area contributed by atoms with Gasteiger partial charge in [0.1, 0.15) is 5.75 Å². The normalized spacial score (nSPS) is 29.1. The molecule has 0 heterocycles. The van der Waals surface area contributed by atoms with E-state index in [9.17, 15) is 48.9 Å². The second kappa shape index (κ2) is 11.9. The number of hydrogen-bond acceptors (Lipinski definition) is 11. The van der Waals surface area contributed by atoms with Crippen LogP contribution in [-0.4, -0.2) is 92.8 Å². The molecule has 6 N–H and O–H groups in total. The first-order valence-corrected chi connectivity index (χ1v) is 15.5. The quantitative estimate of drug-likeness (QED) is 0.141. The van der Waals surface area contributed by atoms with Gasteiger partial charge in [0.05, 0.1) is 35.2 Å². The molecule has 0 radical (unpaired) electrons. The third-order valence-corrected chi connectivity index (χ3v) is 10.2. The number of benzene rings is 3. The summed E-state index contributed by atoms with van der Waals surface area (Å²) in [5, 5.41) is 37.4. The van der Waals surface area contributed by atoms with Crippen LogP contribution < -0.4 is 11.1 Å². The van der Waals surface area contributed by atoms with Gasteiger partial charge in [0.25, 0.3) is 5.91 Å². The highest BCUT2D eigenvalue weighted by molar-refractivity contribution is 6.32. The molecular weight excluding hydrogens is 634 g/mol. The van der Waals surface area contributed by atoms with Crippen molar-refractivity contribution in [2.75, 3.05) is 19.4 Å². The van der Waals surface area contributed by atoms with Gasteiger partial charge in [0.15, 0.2) is 40.4 Å². The van der Waals surface area contributed by atoms with Crippen LogP contribution >= 0.6 is 0 Å². The van der Waals surface area contributed by atoms with Gasteiger partial charge in [-0.05, 0) is 43.8 Å². The van der Waals surface area contributed by atoms with Crippen molar-refractivity contribution in [1.29, 1.82) is 0 Å². The second-order valence-corrected chi connectivity index (χ2v) is 13.0. The van der Waals surface area contributed by atoms with Gasteiger partial charge in [-0.2, -0.15) is 0 Å². The zero-order valence-electron chi connectivity index (χ0n) is 26.6. The number of carbonyl (C=O) groups is 7. The largest absolute Gasteiger partial charge is 0.505 e. The Kier molecular flexibility index (Phi) is 8.18. The van der Waals surface area contributed by atoms with Crippen LogP contribution in [0.15, 0.2) is 66.7 Å². The summed E-state index contributed by atoms with van der Waals surface area (Å²) < 4.78 is 0. The maximum Gasteiger partial charge on any atom is 0.255 e. The number of amides is 2. The van der Waals surface area contributed by atoms with E-state index in [1.165, 1.54) is 55.4 Å². The first-order valence-electron chi connectivity index (χ1n) is 15.5. The third kappa shape index (κ3) is 4.92. The topological polar surface area (TPSA) is 221 Å². The summed E-state index contributed by atoms with van der Waals surface area (Å²) in [5.41, 5.74) is 2.86. The third-order valence-electron chi connectivity index (χ3n) is 10.2. The number of nitrogens with two attached hydrogens (primary N) is 1. The van der Waals surface area contributed by atoms with Crippen molar-refractivity contribution in [1.82, 2.24) is 4.90 Å². The maximum absolute atomic E-state index is 14.1. The number of carbonyl (C=O) groups excluding carboxylic acids is 7. The van der Waals surface area contributed by atoms with Gasteiger partial charge in [0.2, 0.25) is 5.91 Å². The fourth-order valence-electron chi connectivity index (χ4n) is 7.81. The number of anilines is 1. The lowest BCUT2D eigenvalue weighted by Crippen LogP contribution is -2.77. The number of Topliss-reactive ketones (excluding diaryl/α,β-unsaturated/α-hetero) is 4. The molecule has 49 heavy (non-hydrogen) atoms. The van der Waals surface area contributed by atoms with Crippen molar-refractivity contribution in [3.8, 4) is 5.75 Å². The summed E-state index contributed by atoms with van der Waals surface area (Å²) in [4.78, 5) is 94.5. The van der Waals surface area contributed by atoms with Gasteiger partial charge in [-0.25, -0.2) is 0 Å². The van der Waals surface area contributed by atoms with E-state index >= 15 is 0 Å². The number of hydrogen-bond donors (Lipinski definition) is 5. The molecule has 0 aliphatic heterocycles. The molecule has 6 rings (SSSR count). The lowest BCUT2D eigenvalue weighted by atomic mass is 9.49. The highest BCUT2D eigenvalue weighted by atomic mass is 16.3. The minimum Gasteiger partial charge on any atom is -0.505 e. The predicted molar refractivity (Wildman–Crippen MR) is 172 cm³/mol. The summed E-state index contributed by atoms with van der Waals surface area (Å²) >= 11 is 0. The van der Waals surface area contributed by atoms with E-state index in [1.807, 2.05) is 0 Å². The standard InChI is InChI=1S/C36H33N3O10/c1-15-19-13-14-20(38-35(48)18-11-9-17(10-12-18)27(40)16-7-5-4-6-8-16)28(41)22(19)29(42)23-21(15)30(43)25-26(39(2)3)31(44)24(34(37)47)33(46)36(25,49)32(23)45/h4-15,21,23-26,30,41,43,49H,1-3H3,(H2,37,47)(H,38,48). The Bertz CT molecular complexity index is 1960. The number of aliphatic hydroxyl groups excluding tert-OH is 1. The minimum absolute atomic E-state index is 0.130. The van der Waals surface area contributed by atoms with Crippen molar-refractivity contribution in [3.05, 3.63) is 94.5 Å². The van der Waals surface area contributed by atoms with E-state index < -0.39 is 88.0 Å². The maximum atomic E-state index is 14.1. The molecule has 0 bridgehead atoms. The molecule has 0 spiro atoms. The molecule has 13 nitrogen and oxygen atoms in total. The molecule has 13 heteroatoms. The molecule has 252 valence electrons. The number of likely N-dealkylation sites (N-methyl/N-ethyl adjacent to an activating group) is 1. The number of aliphatic hydroxyl groups is 2. The molecule has 8 atom stereocenters. The van der Waals surface area contributed by atoms with Gasteiger partial charge in [-0.3, -0.25) is 38.5 Å². The van der Waals surface area contributed by atoms with Gasteiger partial charge in [-0.15, -0.1) is 0 Å². The van der Waals surface area contributed by atoms with Gasteiger partial charge in [-0.1, -0.05) is 55.5 Å². The Balaban J connectivity index is 1.33. The van der Waals surface area contributed by atoms with Crippen molar-refractivity contribution >= 4 is 46.4 Å². The molecular formula is C36H33N3O10. The van der Waals surface area contributed by atoms with Crippen molar-refractivity contribution < 1.29 is 48.9 Å². The van der Waals surface area contributed by atoms with Crippen LogP contribution in [0.4, 0.5) is 5.69 Å². The van der Waals surface area contributed by atoms with Gasteiger partial charge in [0, 0.05) is 22.6 Å². The average Bonchev–Trinajstić information content (AvgIpc) is 3.07. The molecule has 3 aliphatic carbocycles. The highest BCUT2D eigenvalue weighted by Gasteiger charge is 2.72. The molecule has 3 aliphatic rings. The number of aromatic hydroxyl groups is 1. The van der Waals surface area contributed by atoms with Crippen molar-refractivity contribution in [3.63, 3.8) is 0 Å². The van der Waals surface area contributed by atoms with Crippen LogP contribution in [0, 0.1) is 23.7 Å².